The van der Waals surface area contributed by atoms with Gasteiger partial charge in [-0.15, -0.1) is 0 Å². The minimum Gasteiger partial charge on any atom is -0.368 e. The van der Waals surface area contributed by atoms with Gasteiger partial charge < -0.3 is 15.1 Å². The van der Waals surface area contributed by atoms with E-state index in [1.54, 1.807) is 23.2 Å². The number of rotatable bonds is 4. The zero-order valence-corrected chi connectivity index (χ0v) is 14.4. The van der Waals surface area contributed by atoms with Crippen molar-refractivity contribution in [1.82, 2.24) is 15.2 Å². The van der Waals surface area contributed by atoms with Gasteiger partial charge in [0.05, 0.1) is 12.1 Å². The van der Waals surface area contributed by atoms with Gasteiger partial charge in [0.25, 0.3) is 5.91 Å². The third-order valence-corrected chi connectivity index (χ3v) is 4.36. The first-order valence-electron chi connectivity index (χ1n) is 8.10. The van der Waals surface area contributed by atoms with Crippen LogP contribution in [-0.4, -0.2) is 54.4 Å². The van der Waals surface area contributed by atoms with Crippen LogP contribution in [0.2, 0.25) is 5.02 Å². The summed E-state index contributed by atoms with van der Waals surface area (Å²) in [6, 6.07) is 11.0. The van der Waals surface area contributed by atoms with Crippen LogP contribution in [0.5, 0.6) is 0 Å². The van der Waals surface area contributed by atoms with Crippen molar-refractivity contribution in [3.8, 4) is 0 Å². The number of nitrogens with zero attached hydrogens (tertiary/aromatic N) is 3. The maximum Gasteiger partial charge on any atom is 0.253 e. The molecule has 1 fully saturated rings. The molecule has 1 aromatic heterocycles. The van der Waals surface area contributed by atoms with Gasteiger partial charge in [-0.1, -0.05) is 17.7 Å². The van der Waals surface area contributed by atoms with Crippen LogP contribution in [0.15, 0.2) is 48.8 Å². The van der Waals surface area contributed by atoms with Gasteiger partial charge in [-0.3, -0.25) is 14.6 Å². The fourth-order valence-corrected chi connectivity index (χ4v) is 2.94. The predicted molar refractivity (Wildman–Crippen MR) is 96.8 cm³/mol. The van der Waals surface area contributed by atoms with Crippen LogP contribution in [-0.2, 0) is 4.79 Å². The standard InChI is InChI=1S/C18H19ClN4O2/c19-15-4-1-5-16(11-15)22-7-9-23(10-8-22)17(24)13-21-18(25)14-3-2-6-20-12-14/h1-6,11-12H,7-10,13H2,(H,21,25). The molecule has 0 aliphatic carbocycles. The molecule has 3 rings (SSSR count). The third kappa shape index (κ3) is 4.48. The number of nitrogens with one attached hydrogen (secondary N) is 1. The summed E-state index contributed by atoms with van der Waals surface area (Å²) in [4.78, 5) is 32.1. The number of hydrogen-bond acceptors (Lipinski definition) is 4. The van der Waals surface area contributed by atoms with Crippen LogP contribution in [0.3, 0.4) is 0 Å². The van der Waals surface area contributed by atoms with Gasteiger partial charge in [0.2, 0.25) is 5.91 Å². The van der Waals surface area contributed by atoms with Crippen molar-refractivity contribution in [1.29, 1.82) is 0 Å². The van der Waals surface area contributed by atoms with Gasteiger partial charge in [0.1, 0.15) is 0 Å². The molecule has 6 nitrogen and oxygen atoms in total. The number of carbonyl (C=O) groups excluding carboxylic acids is 2. The second-order valence-corrected chi connectivity index (χ2v) is 6.21. The molecule has 2 amide bonds. The Labute approximate surface area is 151 Å². The normalized spacial score (nSPS) is 14.3. The highest BCUT2D eigenvalue weighted by Crippen LogP contribution is 2.20. The summed E-state index contributed by atoms with van der Waals surface area (Å²) >= 11 is 6.03. The van der Waals surface area contributed by atoms with Crippen LogP contribution in [0.25, 0.3) is 0 Å². The van der Waals surface area contributed by atoms with Gasteiger partial charge in [-0.25, -0.2) is 0 Å². The Morgan fingerprint density at radius 3 is 2.60 bits per heavy atom. The number of amides is 2. The SMILES string of the molecule is O=C(NCC(=O)N1CCN(c2cccc(Cl)c2)CC1)c1cccnc1. The van der Waals surface area contributed by atoms with Gasteiger partial charge >= 0.3 is 0 Å². The molecule has 1 aliphatic rings. The van der Waals surface area contributed by atoms with E-state index in [9.17, 15) is 9.59 Å². The molecule has 25 heavy (non-hydrogen) atoms. The highest BCUT2D eigenvalue weighted by Gasteiger charge is 2.21. The molecule has 1 aromatic carbocycles. The Hall–Kier alpha value is -2.60. The average Bonchev–Trinajstić information content (AvgIpc) is 2.66. The third-order valence-electron chi connectivity index (χ3n) is 4.13. The molecular formula is C18H19ClN4O2. The smallest absolute Gasteiger partial charge is 0.253 e. The molecule has 130 valence electrons. The van der Waals surface area contributed by atoms with Crippen LogP contribution in [0.1, 0.15) is 10.4 Å². The summed E-state index contributed by atoms with van der Waals surface area (Å²) in [6.07, 6.45) is 3.07. The largest absolute Gasteiger partial charge is 0.368 e. The maximum atomic E-state index is 12.3. The summed E-state index contributed by atoms with van der Waals surface area (Å²) in [5.41, 5.74) is 1.51. The maximum absolute atomic E-state index is 12.3. The molecule has 0 atom stereocenters. The van der Waals surface area contributed by atoms with E-state index in [2.05, 4.69) is 15.2 Å². The topological polar surface area (TPSA) is 65.5 Å². The molecule has 1 saturated heterocycles. The number of hydrogen-bond donors (Lipinski definition) is 1. The first-order chi connectivity index (χ1) is 12.1. The fourth-order valence-electron chi connectivity index (χ4n) is 2.75. The Bertz CT molecular complexity index is 746. The molecule has 0 spiro atoms. The minimum absolute atomic E-state index is 0.00903. The molecule has 1 aliphatic heterocycles. The molecule has 7 heteroatoms. The molecular weight excluding hydrogens is 340 g/mol. The van der Waals surface area contributed by atoms with Crippen molar-refractivity contribution < 1.29 is 9.59 Å². The fraction of sp³-hybridized carbons (Fsp3) is 0.278. The molecule has 0 unspecified atom stereocenters. The first kappa shape index (κ1) is 17.2. The zero-order valence-electron chi connectivity index (χ0n) is 13.7. The van der Waals surface area contributed by atoms with Crippen molar-refractivity contribution in [2.24, 2.45) is 0 Å². The highest BCUT2D eigenvalue weighted by molar-refractivity contribution is 6.30. The van der Waals surface area contributed by atoms with Crippen LogP contribution in [0, 0.1) is 0 Å². The van der Waals surface area contributed by atoms with E-state index >= 15 is 0 Å². The summed E-state index contributed by atoms with van der Waals surface area (Å²) in [5.74, 6) is -0.373. The lowest BCUT2D eigenvalue weighted by Gasteiger charge is -2.36. The van der Waals surface area contributed by atoms with E-state index < -0.39 is 0 Å². The number of halogens is 1. The van der Waals surface area contributed by atoms with Crippen molar-refractivity contribution in [3.05, 3.63) is 59.4 Å². The summed E-state index contributed by atoms with van der Waals surface area (Å²) in [6.45, 7) is 2.71. The minimum atomic E-state index is -0.293. The molecule has 0 bridgehead atoms. The lowest BCUT2D eigenvalue weighted by molar-refractivity contribution is -0.130. The molecule has 0 radical (unpaired) electrons. The Kier molecular flexibility index (Phi) is 5.50. The van der Waals surface area contributed by atoms with E-state index in [4.69, 9.17) is 11.6 Å². The first-order valence-corrected chi connectivity index (χ1v) is 8.48. The number of piperazine rings is 1. The van der Waals surface area contributed by atoms with E-state index in [0.717, 1.165) is 18.8 Å². The van der Waals surface area contributed by atoms with Crippen LogP contribution < -0.4 is 10.2 Å². The summed E-state index contributed by atoms with van der Waals surface area (Å²) in [7, 11) is 0. The zero-order chi connectivity index (χ0) is 17.6. The number of benzene rings is 1. The summed E-state index contributed by atoms with van der Waals surface area (Å²) in [5, 5.41) is 3.35. The van der Waals surface area contributed by atoms with E-state index in [1.807, 2.05) is 24.3 Å². The lowest BCUT2D eigenvalue weighted by atomic mass is 10.2. The van der Waals surface area contributed by atoms with Crippen LogP contribution in [0.4, 0.5) is 5.69 Å². The van der Waals surface area contributed by atoms with Crippen molar-refractivity contribution >= 4 is 29.1 Å². The Balaban J connectivity index is 1.48. The van der Waals surface area contributed by atoms with E-state index in [1.165, 1.54) is 6.20 Å². The number of anilines is 1. The molecule has 0 saturated carbocycles. The number of aromatic nitrogens is 1. The van der Waals surface area contributed by atoms with Gasteiger partial charge in [0, 0.05) is 49.3 Å². The Morgan fingerprint density at radius 1 is 1.12 bits per heavy atom. The Morgan fingerprint density at radius 2 is 1.92 bits per heavy atom. The summed E-state index contributed by atoms with van der Waals surface area (Å²) < 4.78 is 0. The van der Waals surface area contributed by atoms with Gasteiger partial charge in [-0.2, -0.15) is 0 Å². The monoisotopic (exact) mass is 358 g/mol. The molecule has 2 aromatic rings. The predicted octanol–water partition coefficient (Wildman–Crippen LogP) is 1.81. The number of pyridine rings is 1. The van der Waals surface area contributed by atoms with Crippen molar-refractivity contribution in [3.63, 3.8) is 0 Å². The lowest BCUT2D eigenvalue weighted by Crippen LogP contribution is -2.51. The molecule has 2 heterocycles. The van der Waals surface area contributed by atoms with E-state index in [-0.39, 0.29) is 18.4 Å². The number of carbonyl (C=O) groups is 2. The average molecular weight is 359 g/mol. The van der Waals surface area contributed by atoms with Gasteiger partial charge in [0.15, 0.2) is 0 Å². The van der Waals surface area contributed by atoms with E-state index in [0.29, 0.717) is 23.7 Å². The second-order valence-electron chi connectivity index (χ2n) is 5.77. The molecule has 1 N–H and O–H groups in total. The quantitative estimate of drug-likeness (QED) is 0.905. The highest BCUT2D eigenvalue weighted by atomic mass is 35.5. The van der Waals surface area contributed by atoms with Crippen molar-refractivity contribution in [2.45, 2.75) is 0 Å². The second kappa shape index (κ2) is 7.98. The van der Waals surface area contributed by atoms with Crippen LogP contribution >= 0.6 is 11.6 Å². The van der Waals surface area contributed by atoms with Gasteiger partial charge in [-0.05, 0) is 30.3 Å². The van der Waals surface area contributed by atoms with Crippen molar-refractivity contribution in [2.75, 3.05) is 37.6 Å².